The van der Waals surface area contributed by atoms with Crippen LogP contribution in [0.1, 0.15) is 18.4 Å². The molecule has 0 amide bonds. The first-order valence-corrected chi connectivity index (χ1v) is 9.22. The van der Waals surface area contributed by atoms with Gasteiger partial charge in [0.15, 0.2) is 11.8 Å². The quantitative estimate of drug-likeness (QED) is 0.466. The molecule has 1 aromatic carbocycles. The predicted octanol–water partition coefficient (Wildman–Crippen LogP) is 2.33. The van der Waals surface area contributed by atoms with E-state index in [1.807, 2.05) is 23.1 Å². The second-order valence-corrected chi connectivity index (χ2v) is 6.83. The molecule has 2 aliphatic heterocycles. The molecule has 2 aliphatic rings. The van der Waals surface area contributed by atoms with E-state index < -0.39 is 12.5 Å². The van der Waals surface area contributed by atoms with Gasteiger partial charge in [-0.3, -0.25) is 0 Å². The smallest absolute Gasteiger partial charge is 0.266 e. The maximum absolute atomic E-state index is 12.9. The number of alkyl halides is 2. The number of nitrogens with two attached hydrogens (primary N) is 1. The summed E-state index contributed by atoms with van der Waals surface area (Å²) in [4.78, 5) is 7.95. The van der Waals surface area contributed by atoms with E-state index in [1.165, 1.54) is 5.56 Å². The molecule has 1 aromatic rings. The average Bonchev–Trinajstić information content (AvgIpc) is 3.15. The van der Waals surface area contributed by atoms with Crippen LogP contribution in [0.2, 0.25) is 0 Å². The van der Waals surface area contributed by atoms with E-state index in [-0.39, 0.29) is 25.0 Å². The Morgan fingerprint density at radius 1 is 1.33 bits per heavy atom. The number of aliphatic hydroxyl groups excluding tert-OH is 1. The minimum absolute atomic E-state index is 0.0334. The SMILES string of the molecule is N/C(=N\C(=C/O)N1CCOC(C(F)F)C1)N1CCCC1Cc1ccccc1. The Bertz CT molecular complexity index is 669. The molecule has 0 spiro atoms. The van der Waals surface area contributed by atoms with Gasteiger partial charge >= 0.3 is 0 Å². The molecule has 0 saturated carbocycles. The lowest BCUT2D eigenvalue weighted by Gasteiger charge is -2.34. The summed E-state index contributed by atoms with van der Waals surface area (Å²) in [6, 6.07) is 10.4. The molecule has 2 heterocycles. The number of morpholine rings is 1. The Labute approximate surface area is 157 Å². The van der Waals surface area contributed by atoms with Crippen LogP contribution in [-0.2, 0) is 11.2 Å². The van der Waals surface area contributed by atoms with E-state index in [0.717, 1.165) is 32.1 Å². The highest BCUT2D eigenvalue weighted by Gasteiger charge is 2.30. The summed E-state index contributed by atoms with van der Waals surface area (Å²) in [5.41, 5.74) is 7.45. The van der Waals surface area contributed by atoms with Crippen molar-refractivity contribution in [3.63, 3.8) is 0 Å². The van der Waals surface area contributed by atoms with Gasteiger partial charge in [0, 0.05) is 19.1 Å². The standard InChI is InChI=1S/C19H26F2N4O2/c20-18(21)16-12-24(9-10-27-16)17(13-26)23-19(22)25-8-4-7-15(25)11-14-5-2-1-3-6-14/h1-3,5-6,13,15-16,18,26H,4,7-12H2,(H2,22,23)/b17-13+. The molecule has 2 saturated heterocycles. The van der Waals surface area contributed by atoms with Gasteiger partial charge in [0.2, 0.25) is 0 Å². The summed E-state index contributed by atoms with van der Waals surface area (Å²) in [6.45, 7) is 1.28. The number of hydrogen-bond donors (Lipinski definition) is 2. The van der Waals surface area contributed by atoms with Gasteiger partial charge in [-0.25, -0.2) is 8.78 Å². The largest absolute Gasteiger partial charge is 0.512 e. The van der Waals surface area contributed by atoms with Gasteiger partial charge < -0.3 is 25.4 Å². The number of likely N-dealkylation sites (tertiary alicyclic amines) is 1. The maximum atomic E-state index is 12.9. The van der Waals surface area contributed by atoms with Gasteiger partial charge in [0.25, 0.3) is 6.43 Å². The molecule has 0 radical (unpaired) electrons. The number of rotatable bonds is 5. The number of aliphatic imine (C=N–C) groups is 1. The maximum Gasteiger partial charge on any atom is 0.266 e. The van der Waals surface area contributed by atoms with Crippen LogP contribution in [0.15, 0.2) is 47.4 Å². The van der Waals surface area contributed by atoms with Gasteiger partial charge in [-0.1, -0.05) is 30.3 Å². The Balaban J connectivity index is 1.68. The zero-order chi connectivity index (χ0) is 19.2. The average molecular weight is 380 g/mol. The number of benzene rings is 1. The number of nitrogens with zero attached hydrogens (tertiary/aromatic N) is 3. The van der Waals surface area contributed by atoms with E-state index >= 15 is 0 Å². The molecule has 2 atom stereocenters. The Hall–Kier alpha value is -2.35. The summed E-state index contributed by atoms with van der Waals surface area (Å²) in [6.07, 6.45) is -0.0697. The van der Waals surface area contributed by atoms with Gasteiger partial charge in [-0.2, -0.15) is 4.99 Å². The van der Waals surface area contributed by atoms with Crippen molar-refractivity contribution in [1.82, 2.24) is 9.80 Å². The van der Waals surface area contributed by atoms with E-state index in [9.17, 15) is 13.9 Å². The third-order valence-electron chi connectivity index (χ3n) is 5.03. The molecular weight excluding hydrogens is 354 g/mol. The monoisotopic (exact) mass is 380 g/mol. The van der Waals surface area contributed by atoms with Crippen LogP contribution in [-0.4, -0.2) is 65.7 Å². The van der Waals surface area contributed by atoms with Crippen LogP contribution >= 0.6 is 0 Å². The first kappa shape index (κ1) is 19.4. The van der Waals surface area contributed by atoms with Crippen molar-refractivity contribution < 1.29 is 18.6 Å². The summed E-state index contributed by atoms with van der Waals surface area (Å²) in [5, 5.41) is 9.58. The lowest BCUT2D eigenvalue weighted by atomic mass is 10.0. The van der Waals surface area contributed by atoms with Gasteiger partial charge in [-0.05, 0) is 24.8 Å². The minimum atomic E-state index is -2.58. The molecule has 6 nitrogen and oxygen atoms in total. The summed E-state index contributed by atoms with van der Waals surface area (Å²) in [7, 11) is 0. The van der Waals surface area contributed by atoms with Crippen molar-refractivity contribution in [3.8, 4) is 0 Å². The van der Waals surface area contributed by atoms with Crippen LogP contribution in [0.3, 0.4) is 0 Å². The number of ether oxygens (including phenoxy) is 1. The molecule has 3 rings (SSSR count). The van der Waals surface area contributed by atoms with Crippen molar-refractivity contribution in [3.05, 3.63) is 48.0 Å². The molecule has 2 unspecified atom stereocenters. The zero-order valence-electron chi connectivity index (χ0n) is 15.2. The van der Waals surface area contributed by atoms with Crippen molar-refractivity contribution in [2.75, 3.05) is 26.2 Å². The molecule has 0 bridgehead atoms. The summed E-state index contributed by atoms with van der Waals surface area (Å²) >= 11 is 0. The van der Waals surface area contributed by atoms with E-state index in [0.29, 0.717) is 12.5 Å². The van der Waals surface area contributed by atoms with Crippen LogP contribution in [0, 0.1) is 0 Å². The van der Waals surface area contributed by atoms with Crippen molar-refractivity contribution in [2.45, 2.75) is 37.8 Å². The summed E-state index contributed by atoms with van der Waals surface area (Å²) in [5.74, 6) is 0.487. The number of halogens is 2. The van der Waals surface area contributed by atoms with Gasteiger partial charge in [-0.15, -0.1) is 0 Å². The summed E-state index contributed by atoms with van der Waals surface area (Å²) < 4.78 is 30.9. The lowest BCUT2D eigenvalue weighted by molar-refractivity contribution is -0.0958. The van der Waals surface area contributed by atoms with E-state index in [4.69, 9.17) is 10.5 Å². The highest BCUT2D eigenvalue weighted by atomic mass is 19.3. The van der Waals surface area contributed by atoms with Crippen molar-refractivity contribution in [2.24, 2.45) is 10.7 Å². The minimum Gasteiger partial charge on any atom is -0.512 e. The molecule has 27 heavy (non-hydrogen) atoms. The first-order chi connectivity index (χ1) is 13.1. The molecule has 2 fully saturated rings. The Morgan fingerprint density at radius 3 is 2.81 bits per heavy atom. The van der Waals surface area contributed by atoms with Gasteiger partial charge in [0.1, 0.15) is 12.4 Å². The third kappa shape index (κ3) is 4.88. The number of aliphatic hydroxyl groups is 1. The second-order valence-electron chi connectivity index (χ2n) is 6.83. The van der Waals surface area contributed by atoms with Crippen molar-refractivity contribution >= 4 is 5.96 Å². The van der Waals surface area contributed by atoms with Gasteiger partial charge in [0.05, 0.1) is 13.2 Å². The first-order valence-electron chi connectivity index (χ1n) is 9.22. The topological polar surface area (TPSA) is 74.3 Å². The van der Waals surface area contributed by atoms with E-state index in [1.54, 1.807) is 4.90 Å². The zero-order valence-corrected chi connectivity index (χ0v) is 15.2. The Kier molecular flexibility index (Phi) is 6.49. The Morgan fingerprint density at radius 2 is 2.11 bits per heavy atom. The number of guanidine groups is 1. The molecule has 8 heteroatoms. The van der Waals surface area contributed by atoms with Crippen LogP contribution < -0.4 is 5.73 Å². The molecule has 148 valence electrons. The fourth-order valence-electron chi connectivity index (χ4n) is 3.63. The molecule has 0 aliphatic carbocycles. The lowest BCUT2D eigenvalue weighted by Crippen LogP contribution is -2.46. The fraction of sp³-hybridized carbons (Fsp3) is 0.526. The highest BCUT2D eigenvalue weighted by molar-refractivity contribution is 5.79. The fourth-order valence-corrected chi connectivity index (χ4v) is 3.63. The molecule has 3 N–H and O–H groups in total. The second kappa shape index (κ2) is 9.03. The van der Waals surface area contributed by atoms with E-state index in [2.05, 4.69) is 17.1 Å². The number of hydrogen-bond acceptors (Lipinski definition) is 4. The third-order valence-corrected chi connectivity index (χ3v) is 5.03. The molecule has 0 aromatic heterocycles. The van der Waals surface area contributed by atoms with Crippen molar-refractivity contribution in [1.29, 1.82) is 0 Å². The predicted molar refractivity (Wildman–Crippen MR) is 99.5 cm³/mol. The molecular formula is C19H26F2N4O2. The van der Waals surface area contributed by atoms with Crippen LogP contribution in [0.5, 0.6) is 0 Å². The highest BCUT2D eigenvalue weighted by Crippen LogP contribution is 2.22. The van der Waals surface area contributed by atoms with Crippen LogP contribution in [0.25, 0.3) is 0 Å². The normalized spacial score (nSPS) is 24.7. The van der Waals surface area contributed by atoms with Crippen LogP contribution in [0.4, 0.5) is 8.78 Å².